The summed E-state index contributed by atoms with van der Waals surface area (Å²) in [5.74, 6) is 1.62. The van der Waals surface area contributed by atoms with Crippen molar-refractivity contribution in [2.24, 2.45) is 5.73 Å². The normalized spacial score (nSPS) is 12.2. The van der Waals surface area contributed by atoms with Crippen molar-refractivity contribution >= 4 is 27.7 Å². The smallest absolute Gasteiger partial charge is 0.141 e. The molecule has 0 aliphatic rings. The molecule has 0 aliphatic heterocycles. The lowest BCUT2D eigenvalue weighted by molar-refractivity contribution is 0.479. The van der Waals surface area contributed by atoms with E-state index in [1.54, 1.807) is 11.8 Å². The Morgan fingerprint density at radius 2 is 1.84 bits per heavy atom. The molecule has 0 heterocycles. The molecule has 0 saturated heterocycles. The molecule has 0 aliphatic carbocycles. The summed E-state index contributed by atoms with van der Waals surface area (Å²) in [7, 11) is 0. The molecule has 1 atom stereocenters. The molecule has 2 aromatic rings. The van der Waals surface area contributed by atoms with Gasteiger partial charge in [0.25, 0.3) is 0 Å². The van der Waals surface area contributed by atoms with Crippen molar-refractivity contribution < 1.29 is 4.74 Å². The van der Waals surface area contributed by atoms with Gasteiger partial charge in [-0.2, -0.15) is 0 Å². The maximum atomic E-state index is 5.85. The van der Waals surface area contributed by atoms with Gasteiger partial charge in [0, 0.05) is 10.9 Å². The number of thioether (sulfide) groups is 1. The van der Waals surface area contributed by atoms with Crippen LogP contribution in [0.15, 0.2) is 51.8 Å². The summed E-state index contributed by atoms with van der Waals surface area (Å²) in [6.45, 7) is 1.96. The third-order valence-electron chi connectivity index (χ3n) is 2.77. The van der Waals surface area contributed by atoms with E-state index < -0.39 is 0 Å². The Kier molecular flexibility index (Phi) is 4.91. The number of nitrogens with two attached hydrogens (primary N) is 1. The van der Waals surface area contributed by atoms with E-state index in [9.17, 15) is 0 Å². The number of benzene rings is 2. The Morgan fingerprint density at radius 1 is 1.16 bits per heavy atom. The molecule has 0 fully saturated rings. The third-order valence-corrected chi connectivity index (χ3v) is 4.13. The summed E-state index contributed by atoms with van der Waals surface area (Å²) in [5, 5.41) is 0. The minimum absolute atomic E-state index is 0.0196. The fourth-order valence-electron chi connectivity index (χ4n) is 1.65. The summed E-state index contributed by atoms with van der Waals surface area (Å²) in [6.07, 6.45) is 2.05. The van der Waals surface area contributed by atoms with Crippen LogP contribution < -0.4 is 10.5 Å². The van der Waals surface area contributed by atoms with Crippen molar-refractivity contribution in [3.8, 4) is 11.5 Å². The van der Waals surface area contributed by atoms with Crippen LogP contribution in [0.3, 0.4) is 0 Å². The Morgan fingerprint density at radius 3 is 2.37 bits per heavy atom. The zero-order valence-electron chi connectivity index (χ0n) is 10.9. The Hall–Kier alpha value is -0.970. The fourth-order valence-corrected chi connectivity index (χ4v) is 2.54. The van der Waals surface area contributed by atoms with Gasteiger partial charge in [-0.15, -0.1) is 11.8 Å². The van der Waals surface area contributed by atoms with Gasteiger partial charge in [0.2, 0.25) is 0 Å². The van der Waals surface area contributed by atoms with E-state index in [4.69, 9.17) is 10.5 Å². The van der Waals surface area contributed by atoms with Crippen LogP contribution in [0.4, 0.5) is 0 Å². The van der Waals surface area contributed by atoms with E-state index in [1.165, 1.54) is 4.90 Å². The van der Waals surface area contributed by atoms with Gasteiger partial charge in [0.1, 0.15) is 11.5 Å². The van der Waals surface area contributed by atoms with Gasteiger partial charge in [-0.3, -0.25) is 0 Å². The van der Waals surface area contributed by atoms with Crippen molar-refractivity contribution in [3.63, 3.8) is 0 Å². The molecule has 0 spiro atoms. The first-order chi connectivity index (χ1) is 9.10. The number of hydrogen-bond donors (Lipinski definition) is 1. The second kappa shape index (κ2) is 6.46. The summed E-state index contributed by atoms with van der Waals surface area (Å²) >= 11 is 5.23. The molecular weight excluding hydrogens is 322 g/mol. The predicted octanol–water partition coefficient (Wildman–Crippen LogP) is 4.98. The van der Waals surface area contributed by atoms with Gasteiger partial charge in [-0.05, 0) is 71.1 Å². The second-order valence-corrected chi connectivity index (χ2v) is 5.99. The molecule has 0 saturated carbocycles. The Labute approximate surface area is 126 Å². The van der Waals surface area contributed by atoms with E-state index >= 15 is 0 Å². The summed E-state index contributed by atoms with van der Waals surface area (Å²) in [5.41, 5.74) is 6.93. The molecule has 100 valence electrons. The first-order valence-electron chi connectivity index (χ1n) is 5.97. The summed E-state index contributed by atoms with van der Waals surface area (Å²) in [4.78, 5) is 1.22. The molecule has 2 rings (SSSR count). The van der Waals surface area contributed by atoms with Crippen molar-refractivity contribution in [2.75, 3.05) is 6.26 Å². The monoisotopic (exact) mass is 337 g/mol. The average Bonchev–Trinajstić information content (AvgIpc) is 2.41. The van der Waals surface area contributed by atoms with Gasteiger partial charge >= 0.3 is 0 Å². The van der Waals surface area contributed by atoms with Crippen molar-refractivity contribution in [1.29, 1.82) is 0 Å². The molecule has 0 unspecified atom stereocenters. The first kappa shape index (κ1) is 14.4. The lowest BCUT2D eigenvalue weighted by Crippen LogP contribution is -2.04. The van der Waals surface area contributed by atoms with Crippen LogP contribution in [0, 0.1) is 0 Å². The maximum absolute atomic E-state index is 5.85. The largest absolute Gasteiger partial charge is 0.456 e. The number of rotatable bonds is 4. The predicted molar refractivity (Wildman–Crippen MR) is 85.0 cm³/mol. The highest BCUT2D eigenvalue weighted by Crippen LogP contribution is 2.32. The maximum Gasteiger partial charge on any atom is 0.141 e. The van der Waals surface area contributed by atoms with E-state index in [0.717, 1.165) is 21.5 Å². The molecule has 2 aromatic carbocycles. The van der Waals surface area contributed by atoms with E-state index in [1.807, 2.05) is 49.4 Å². The van der Waals surface area contributed by atoms with Crippen LogP contribution in [0.1, 0.15) is 18.5 Å². The van der Waals surface area contributed by atoms with Gasteiger partial charge in [-0.1, -0.05) is 6.07 Å². The molecule has 0 bridgehead atoms. The van der Waals surface area contributed by atoms with Crippen molar-refractivity contribution in [2.45, 2.75) is 17.9 Å². The zero-order valence-corrected chi connectivity index (χ0v) is 13.3. The fraction of sp³-hybridized carbons (Fsp3) is 0.200. The van der Waals surface area contributed by atoms with Crippen LogP contribution in [-0.2, 0) is 0 Å². The second-order valence-electron chi connectivity index (χ2n) is 4.26. The lowest BCUT2D eigenvalue weighted by atomic mass is 10.1. The SMILES string of the molecule is CSc1ccc(Oc2ccc([C@@H](C)N)cc2Br)cc1. The van der Waals surface area contributed by atoms with Gasteiger partial charge in [-0.25, -0.2) is 0 Å². The summed E-state index contributed by atoms with van der Waals surface area (Å²) < 4.78 is 6.76. The molecular formula is C15H16BrNOS. The average molecular weight is 338 g/mol. The van der Waals surface area contributed by atoms with Crippen LogP contribution in [-0.4, -0.2) is 6.26 Å². The Bertz CT molecular complexity index is 555. The molecule has 0 amide bonds. The van der Waals surface area contributed by atoms with Crippen molar-refractivity contribution in [3.05, 3.63) is 52.5 Å². The zero-order chi connectivity index (χ0) is 13.8. The Balaban J connectivity index is 2.18. The minimum Gasteiger partial charge on any atom is -0.456 e. The standard InChI is InChI=1S/C15H16BrNOS/c1-10(17)11-3-8-15(14(16)9-11)18-12-4-6-13(19-2)7-5-12/h3-10H,17H2,1-2H3/t10-/m1/s1. The molecule has 0 radical (unpaired) electrons. The molecule has 2 nitrogen and oxygen atoms in total. The number of ether oxygens (including phenoxy) is 1. The number of halogens is 1. The molecule has 0 aromatic heterocycles. The van der Waals surface area contributed by atoms with Crippen LogP contribution in [0.25, 0.3) is 0 Å². The minimum atomic E-state index is 0.0196. The van der Waals surface area contributed by atoms with Crippen LogP contribution in [0.5, 0.6) is 11.5 Å². The van der Waals surface area contributed by atoms with Gasteiger partial charge < -0.3 is 10.5 Å². The quantitative estimate of drug-likeness (QED) is 0.798. The molecule has 19 heavy (non-hydrogen) atoms. The topological polar surface area (TPSA) is 35.2 Å². The van der Waals surface area contributed by atoms with E-state index in [0.29, 0.717) is 0 Å². The lowest BCUT2D eigenvalue weighted by Gasteiger charge is -2.11. The van der Waals surface area contributed by atoms with Crippen LogP contribution >= 0.6 is 27.7 Å². The molecule has 2 N–H and O–H groups in total. The highest BCUT2D eigenvalue weighted by molar-refractivity contribution is 9.10. The van der Waals surface area contributed by atoms with Crippen LogP contribution in [0.2, 0.25) is 0 Å². The summed E-state index contributed by atoms with van der Waals surface area (Å²) in [6, 6.07) is 14.0. The first-order valence-corrected chi connectivity index (χ1v) is 7.99. The molecule has 4 heteroatoms. The van der Waals surface area contributed by atoms with E-state index in [2.05, 4.69) is 22.2 Å². The van der Waals surface area contributed by atoms with Gasteiger partial charge in [0.05, 0.1) is 4.47 Å². The highest BCUT2D eigenvalue weighted by Gasteiger charge is 2.06. The highest BCUT2D eigenvalue weighted by atomic mass is 79.9. The number of hydrogen-bond acceptors (Lipinski definition) is 3. The van der Waals surface area contributed by atoms with E-state index in [-0.39, 0.29) is 6.04 Å². The van der Waals surface area contributed by atoms with Crippen molar-refractivity contribution in [1.82, 2.24) is 0 Å². The third kappa shape index (κ3) is 3.75. The van der Waals surface area contributed by atoms with Gasteiger partial charge in [0.15, 0.2) is 0 Å².